The van der Waals surface area contributed by atoms with Crippen LogP contribution in [0.25, 0.3) is 0 Å². The van der Waals surface area contributed by atoms with Crippen molar-refractivity contribution >= 4 is 27.9 Å². The standard InChI is InChI=1S/C26H54SSi2/c1-9-17-28(18-10-2,19-11-3)23-25(15-7)27-26(16-8)24-29(20-12-4,21-13-5)22-14-6/h23-24H,9-22H2,1-8H3/b25-23+,26-24+. The molecule has 0 N–H and O–H groups in total. The summed E-state index contributed by atoms with van der Waals surface area (Å²) in [5.74, 6) is 0. The normalized spacial score (nSPS) is 13.9. The second kappa shape index (κ2) is 16.9. The highest BCUT2D eigenvalue weighted by molar-refractivity contribution is 8.06. The molecule has 0 saturated carbocycles. The van der Waals surface area contributed by atoms with Crippen molar-refractivity contribution in [2.75, 3.05) is 0 Å². The van der Waals surface area contributed by atoms with Gasteiger partial charge in [-0.2, -0.15) is 0 Å². The summed E-state index contributed by atoms with van der Waals surface area (Å²) in [5.41, 5.74) is 5.75. The predicted octanol–water partition coefficient (Wildman–Crippen LogP) is 10.7. The summed E-state index contributed by atoms with van der Waals surface area (Å²) in [7, 11) is -2.52. The molecule has 0 radical (unpaired) electrons. The largest absolute Gasteiger partial charge is 0.100 e. The van der Waals surface area contributed by atoms with Gasteiger partial charge in [-0.15, -0.1) is 11.8 Å². The van der Waals surface area contributed by atoms with Crippen molar-refractivity contribution in [1.82, 2.24) is 0 Å². The average molecular weight is 455 g/mol. The maximum absolute atomic E-state index is 2.88. The zero-order chi connectivity index (χ0) is 22.2. The van der Waals surface area contributed by atoms with E-state index in [1.165, 1.54) is 87.6 Å². The summed E-state index contributed by atoms with van der Waals surface area (Å²) in [5, 5.41) is 0. The first-order valence-corrected chi connectivity index (χ1v) is 19.3. The zero-order valence-electron chi connectivity index (χ0n) is 21.5. The summed E-state index contributed by atoms with van der Waals surface area (Å²) in [6, 6.07) is 8.94. The van der Waals surface area contributed by atoms with Crippen molar-refractivity contribution in [1.29, 1.82) is 0 Å². The van der Waals surface area contributed by atoms with Crippen molar-refractivity contribution in [3.05, 3.63) is 21.2 Å². The third-order valence-electron chi connectivity index (χ3n) is 6.38. The second-order valence-electron chi connectivity index (χ2n) is 9.26. The highest BCUT2D eigenvalue weighted by atomic mass is 32.2. The number of allylic oxidation sites excluding steroid dienone is 2. The topological polar surface area (TPSA) is 0 Å². The first-order valence-electron chi connectivity index (χ1n) is 13.0. The molecule has 0 aromatic rings. The third-order valence-corrected chi connectivity index (χ3v) is 19.0. The first kappa shape index (κ1) is 29.3. The quantitative estimate of drug-likeness (QED) is 0.185. The van der Waals surface area contributed by atoms with Crippen LogP contribution in [0.3, 0.4) is 0 Å². The molecule has 0 aromatic carbocycles. The first-order chi connectivity index (χ1) is 13.9. The van der Waals surface area contributed by atoms with Crippen LogP contribution < -0.4 is 0 Å². The number of thioether (sulfide) groups is 1. The fourth-order valence-electron chi connectivity index (χ4n) is 5.43. The molecule has 3 heteroatoms. The van der Waals surface area contributed by atoms with Gasteiger partial charge in [-0.25, -0.2) is 0 Å². The second-order valence-corrected chi connectivity index (χ2v) is 19.5. The van der Waals surface area contributed by atoms with Crippen LogP contribution in [0.1, 0.15) is 107 Å². The van der Waals surface area contributed by atoms with Crippen LogP contribution in [0, 0.1) is 0 Å². The highest BCUT2D eigenvalue weighted by Crippen LogP contribution is 2.38. The minimum Gasteiger partial charge on any atom is -0.100 e. The lowest BCUT2D eigenvalue weighted by molar-refractivity contribution is 0.934. The maximum Gasteiger partial charge on any atom is 0.0788 e. The Bertz CT molecular complexity index is 391. The molecule has 0 heterocycles. The summed E-state index contributed by atoms with van der Waals surface area (Å²) >= 11 is 2.19. The number of hydrogen-bond acceptors (Lipinski definition) is 1. The molecule has 0 nitrogen and oxygen atoms in total. The molecule has 172 valence electrons. The zero-order valence-corrected chi connectivity index (χ0v) is 24.3. The summed E-state index contributed by atoms with van der Waals surface area (Å²) in [4.78, 5) is 3.40. The van der Waals surface area contributed by atoms with Gasteiger partial charge in [-0.3, -0.25) is 0 Å². The molecule has 0 aromatic heterocycles. The predicted molar refractivity (Wildman–Crippen MR) is 146 cm³/mol. The van der Waals surface area contributed by atoms with Crippen molar-refractivity contribution in [3.63, 3.8) is 0 Å². The van der Waals surface area contributed by atoms with E-state index in [1.807, 2.05) is 0 Å². The molecule has 0 bridgehead atoms. The van der Waals surface area contributed by atoms with Gasteiger partial charge < -0.3 is 0 Å². The van der Waals surface area contributed by atoms with Gasteiger partial charge in [-0.05, 0) is 22.7 Å². The molecule has 0 aliphatic rings. The molecule has 0 aliphatic heterocycles. The van der Waals surface area contributed by atoms with Crippen molar-refractivity contribution < 1.29 is 0 Å². The van der Waals surface area contributed by atoms with E-state index >= 15 is 0 Å². The molecule has 0 aliphatic carbocycles. The van der Waals surface area contributed by atoms with Gasteiger partial charge >= 0.3 is 0 Å². The van der Waals surface area contributed by atoms with Crippen LogP contribution in [0.15, 0.2) is 21.2 Å². The van der Waals surface area contributed by atoms with E-state index in [2.05, 4.69) is 78.6 Å². The lowest BCUT2D eigenvalue weighted by atomic mass is 10.5. The van der Waals surface area contributed by atoms with Crippen LogP contribution in [-0.4, -0.2) is 16.1 Å². The fourth-order valence-corrected chi connectivity index (χ4v) is 18.1. The van der Waals surface area contributed by atoms with Crippen LogP contribution in [0.5, 0.6) is 0 Å². The van der Waals surface area contributed by atoms with E-state index < -0.39 is 16.1 Å². The maximum atomic E-state index is 2.88. The SMILES string of the molecule is CCC[Si](/C=C(\CC)S/C(=C/[Si](CCC)(CCC)CCC)CC)(CCC)CCC. The van der Waals surface area contributed by atoms with Gasteiger partial charge in [0.15, 0.2) is 0 Å². The summed E-state index contributed by atoms with van der Waals surface area (Å²) in [6.07, 6.45) is 10.6. The van der Waals surface area contributed by atoms with Gasteiger partial charge in [0.1, 0.15) is 0 Å². The van der Waals surface area contributed by atoms with Crippen LogP contribution >= 0.6 is 11.8 Å². The van der Waals surface area contributed by atoms with E-state index in [0.717, 1.165) is 0 Å². The molecule has 0 saturated heterocycles. The Kier molecular flexibility index (Phi) is 17.0. The van der Waals surface area contributed by atoms with Gasteiger partial charge in [0.2, 0.25) is 0 Å². The molecule has 0 fully saturated rings. The van der Waals surface area contributed by atoms with Crippen molar-refractivity contribution in [3.8, 4) is 0 Å². The van der Waals surface area contributed by atoms with Crippen LogP contribution in [-0.2, 0) is 0 Å². The molecule has 0 amide bonds. The van der Waals surface area contributed by atoms with E-state index in [9.17, 15) is 0 Å². The third kappa shape index (κ3) is 10.9. The van der Waals surface area contributed by atoms with Crippen LogP contribution in [0.4, 0.5) is 0 Å². The monoisotopic (exact) mass is 454 g/mol. The van der Waals surface area contributed by atoms with E-state index in [1.54, 1.807) is 9.81 Å². The van der Waals surface area contributed by atoms with E-state index in [0.29, 0.717) is 0 Å². The van der Waals surface area contributed by atoms with Gasteiger partial charge in [0.25, 0.3) is 0 Å². The molecule has 29 heavy (non-hydrogen) atoms. The lowest BCUT2D eigenvalue weighted by Crippen LogP contribution is -2.32. The van der Waals surface area contributed by atoms with E-state index in [4.69, 9.17) is 0 Å². The average Bonchev–Trinajstić information content (AvgIpc) is 2.68. The molecule has 0 rings (SSSR count). The van der Waals surface area contributed by atoms with Gasteiger partial charge in [0, 0.05) is 0 Å². The van der Waals surface area contributed by atoms with Gasteiger partial charge in [0.05, 0.1) is 16.1 Å². The Labute approximate surface area is 191 Å². The number of rotatable bonds is 18. The molecular formula is C26H54SSi2. The smallest absolute Gasteiger partial charge is 0.0788 e. The highest BCUT2D eigenvalue weighted by Gasteiger charge is 2.30. The lowest BCUT2D eigenvalue weighted by Gasteiger charge is -2.30. The van der Waals surface area contributed by atoms with Crippen LogP contribution in [0.2, 0.25) is 36.3 Å². The van der Waals surface area contributed by atoms with E-state index in [-0.39, 0.29) is 0 Å². The molecular weight excluding hydrogens is 401 g/mol. The Morgan fingerprint density at radius 1 is 0.483 bits per heavy atom. The Morgan fingerprint density at radius 3 is 0.897 bits per heavy atom. The Hall–Kier alpha value is 0.264. The van der Waals surface area contributed by atoms with Crippen molar-refractivity contribution in [2.24, 2.45) is 0 Å². The minimum atomic E-state index is -1.26. The summed E-state index contributed by atoms with van der Waals surface area (Å²) < 4.78 is 0. The van der Waals surface area contributed by atoms with Gasteiger partial charge in [-0.1, -0.05) is 142 Å². The fraction of sp³-hybridized carbons (Fsp3) is 0.846. The number of hydrogen-bond donors (Lipinski definition) is 0. The van der Waals surface area contributed by atoms with Crippen molar-refractivity contribution in [2.45, 2.75) is 143 Å². The molecule has 0 atom stereocenters. The Balaban J connectivity index is 5.91. The molecule has 0 spiro atoms. The Morgan fingerprint density at radius 2 is 0.724 bits per heavy atom. The molecule has 0 unspecified atom stereocenters. The minimum absolute atomic E-state index is 1.22. The summed E-state index contributed by atoms with van der Waals surface area (Å²) in [6.45, 7) is 19.2.